The number of benzene rings is 1. The van der Waals surface area contributed by atoms with E-state index in [1.165, 1.54) is 12.2 Å². The minimum Gasteiger partial charge on any atom is -0.398 e. The number of hydrogen-bond donors (Lipinski definition) is 2. The van der Waals surface area contributed by atoms with Crippen LogP contribution in [0.15, 0.2) is 22.7 Å². The first-order chi connectivity index (χ1) is 8.18. The molecule has 1 atom stereocenters. The Balaban J connectivity index is 1.97. The molecule has 1 aromatic rings. The van der Waals surface area contributed by atoms with Gasteiger partial charge >= 0.3 is 0 Å². The summed E-state index contributed by atoms with van der Waals surface area (Å²) in [7, 11) is 0. The quantitative estimate of drug-likeness (QED) is 0.843. The first-order valence-electron chi connectivity index (χ1n) is 5.58. The van der Waals surface area contributed by atoms with Crippen LogP contribution >= 0.6 is 27.7 Å². The zero-order valence-corrected chi connectivity index (χ0v) is 11.8. The molecule has 0 spiro atoms. The average Bonchev–Trinajstić information content (AvgIpc) is 2.82. The fourth-order valence-electron chi connectivity index (χ4n) is 1.80. The normalized spacial score (nSPS) is 19.2. The lowest BCUT2D eigenvalue weighted by atomic mass is 10.1. The minimum atomic E-state index is -0.0546. The fourth-order valence-corrected chi connectivity index (χ4v) is 3.53. The summed E-state index contributed by atoms with van der Waals surface area (Å²) in [6.45, 7) is 0.757. The van der Waals surface area contributed by atoms with E-state index in [0.717, 1.165) is 12.3 Å². The molecule has 3 nitrogen and oxygen atoms in total. The van der Waals surface area contributed by atoms with E-state index in [2.05, 4.69) is 21.2 Å². The smallest absolute Gasteiger partial charge is 0.252 e. The van der Waals surface area contributed by atoms with Gasteiger partial charge in [0, 0.05) is 12.2 Å². The van der Waals surface area contributed by atoms with Crippen LogP contribution in [0.2, 0.25) is 0 Å². The summed E-state index contributed by atoms with van der Waals surface area (Å²) >= 11 is 5.30. The molecule has 3 N–H and O–H groups in total. The van der Waals surface area contributed by atoms with Crippen molar-refractivity contribution in [2.75, 3.05) is 23.8 Å². The van der Waals surface area contributed by atoms with Gasteiger partial charge in [-0.2, -0.15) is 11.8 Å². The molecule has 2 rings (SSSR count). The van der Waals surface area contributed by atoms with Gasteiger partial charge in [-0.3, -0.25) is 4.79 Å². The topological polar surface area (TPSA) is 55.1 Å². The number of nitrogens with two attached hydrogens (primary N) is 1. The van der Waals surface area contributed by atoms with Crippen molar-refractivity contribution in [3.05, 3.63) is 28.2 Å². The van der Waals surface area contributed by atoms with E-state index >= 15 is 0 Å². The lowest BCUT2D eigenvalue weighted by Gasteiger charge is -2.11. The van der Waals surface area contributed by atoms with Gasteiger partial charge in [-0.15, -0.1) is 0 Å². The first kappa shape index (κ1) is 12.8. The number of nitrogens with one attached hydrogen (secondary N) is 1. The second kappa shape index (κ2) is 5.78. The lowest BCUT2D eigenvalue weighted by molar-refractivity contribution is 0.0948. The fraction of sp³-hybridized carbons (Fsp3) is 0.417. The van der Waals surface area contributed by atoms with Crippen LogP contribution in [0.1, 0.15) is 16.8 Å². The summed E-state index contributed by atoms with van der Waals surface area (Å²) in [5.74, 6) is 2.92. The average molecular weight is 315 g/mol. The Hall–Kier alpha value is -0.680. The van der Waals surface area contributed by atoms with Crippen molar-refractivity contribution in [1.82, 2.24) is 5.32 Å². The van der Waals surface area contributed by atoms with Gasteiger partial charge < -0.3 is 11.1 Å². The number of carbonyl (C=O) groups excluding carboxylic acids is 1. The van der Waals surface area contributed by atoms with E-state index in [1.807, 2.05) is 11.8 Å². The van der Waals surface area contributed by atoms with Crippen molar-refractivity contribution < 1.29 is 4.79 Å². The summed E-state index contributed by atoms with van der Waals surface area (Å²) in [5, 5.41) is 2.97. The predicted molar refractivity (Wildman–Crippen MR) is 76.3 cm³/mol. The summed E-state index contributed by atoms with van der Waals surface area (Å²) in [4.78, 5) is 12.0. The van der Waals surface area contributed by atoms with Crippen LogP contribution in [0.4, 0.5) is 5.69 Å². The maximum Gasteiger partial charge on any atom is 0.252 e. The van der Waals surface area contributed by atoms with Crippen LogP contribution in [0.25, 0.3) is 0 Å². The first-order valence-corrected chi connectivity index (χ1v) is 7.53. The van der Waals surface area contributed by atoms with Gasteiger partial charge in [0.05, 0.1) is 10.0 Å². The number of rotatable bonds is 3. The molecule has 1 unspecified atom stereocenters. The third kappa shape index (κ3) is 3.16. The Morgan fingerprint density at radius 2 is 2.41 bits per heavy atom. The maximum atomic E-state index is 12.0. The van der Waals surface area contributed by atoms with E-state index in [1.54, 1.807) is 18.2 Å². The highest BCUT2D eigenvalue weighted by atomic mass is 79.9. The molecule has 0 radical (unpaired) electrons. The number of thioether (sulfide) groups is 1. The molecule has 92 valence electrons. The van der Waals surface area contributed by atoms with Crippen molar-refractivity contribution in [3.63, 3.8) is 0 Å². The van der Waals surface area contributed by atoms with E-state index < -0.39 is 0 Å². The van der Waals surface area contributed by atoms with Crippen LogP contribution in [-0.2, 0) is 0 Å². The number of halogens is 1. The summed E-state index contributed by atoms with van der Waals surface area (Å²) < 4.78 is 0.679. The number of nitrogen functional groups attached to an aromatic ring is 1. The number of anilines is 1. The van der Waals surface area contributed by atoms with Crippen molar-refractivity contribution >= 4 is 39.3 Å². The molecular formula is C12H15BrN2OS. The van der Waals surface area contributed by atoms with Gasteiger partial charge in [-0.1, -0.05) is 6.07 Å². The zero-order valence-electron chi connectivity index (χ0n) is 9.41. The third-order valence-corrected chi connectivity index (χ3v) is 4.96. The molecule has 1 heterocycles. The van der Waals surface area contributed by atoms with E-state index in [4.69, 9.17) is 5.73 Å². The van der Waals surface area contributed by atoms with Crippen molar-refractivity contribution in [2.45, 2.75) is 6.42 Å². The van der Waals surface area contributed by atoms with Gasteiger partial charge in [-0.25, -0.2) is 0 Å². The van der Waals surface area contributed by atoms with Crippen molar-refractivity contribution in [1.29, 1.82) is 0 Å². The molecule has 1 aliphatic heterocycles. The number of hydrogen-bond acceptors (Lipinski definition) is 3. The monoisotopic (exact) mass is 314 g/mol. The molecular weight excluding hydrogens is 300 g/mol. The highest BCUT2D eigenvalue weighted by Crippen LogP contribution is 2.25. The van der Waals surface area contributed by atoms with Gasteiger partial charge in [0.2, 0.25) is 0 Å². The van der Waals surface area contributed by atoms with E-state index in [0.29, 0.717) is 21.6 Å². The molecule has 17 heavy (non-hydrogen) atoms. The van der Waals surface area contributed by atoms with Crippen LogP contribution < -0.4 is 11.1 Å². The molecule has 0 aromatic heterocycles. The van der Waals surface area contributed by atoms with E-state index in [9.17, 15) is 4.79 Å². The summed E-state index contributed by atoms with van der Waals surface area (Å²) in [6, 6.07) is 5.34. The molecule has 1 saturated heterocycles. The highest BCUT2D eigenvalue weighted by Gasteiger charge is 2.17. The molecule has 1 amide bonds. The Kier molecular flexibility index (Phi) is 4.34. The number of amides is 1. The van der Waals surface area contributed by atoms with Crippen LogP contribution in [0.3, 0.4) is 0 Å². The largest absolute Gasteiger partial charge is 0.398 e. The lowest BCUT2D eigenvalue weighted by Crippen LogP contribution is -2.29. The van der Waals surface area contributed by atoms with Crippen LogP contribution in [-0.4, -0.2) is 24.0 Å². The molecule has 0 saturated carbocycles. The zero-order chi connectivity index (χ0) is 12.3. The Morgan fingerprint density at radius 3 is 3.12 bits per heavy atom. The molecule has 5 heteroatoms. The van der Waals surface area contributed by atoms with Gasteiger partial charge in [0.15, 0.2) is 0 Å². The van der Waals surface area contributed by atoms with Crippen molar-refractivity contribution in [3.8, 4) is 0 Å². The highest BCUT2D eigenvalue weighted by molar-refractivity contribution is 9.10. The Morgan fingerprint density at radius 1 is 1.59 bits per heavy atom. The Bertz CT molecular complexity index is 419. The molecule has 1 aliphatic rings. The predicted octanol–water partition coefficient (Wildman–Crippen LogP) is 2.51. The Labute approximate surface area is 114 Å². The van der Waals surface area contributed by atoms with Gasteiger partial charge in [0.1, 0.15) is 0 Å². The second-order valence-corrected chi connectivity index (χ2v) is 6.09. The van der Waals surface area contributed by atoms with Crippen molar-refractivity contribution in [2.24, 2.45) is 5.92 Å². The number of carbonyl (C=O) groups is 1. The summed E-state index contributed by atoms with van der Waals surface area (Å²) in [5.41, 5.74) is 6.95. The molecule has 1 aromatic carbocycles. The standard InChI is InChI=1S/C12H15BrN2OS/c13-11-9(2-1-3-10(11)14)12(16)15-6-8-4-5-17-7-8/h1-3,8H,4-7,14H2,(H,15,16). The summed E-state index contributed by atoms with van der Waals surface area (Å²) in [6.07, 6.45) is 1.20. The van der Waals surface area contributed by atoms with Gasteiger partial charge in [0.25, 0.3) is 5.91 Å². The molecule has 0 bridgehead atoms. The van der Waals surface area contributed by atoms with Gasteiger partial charge in [-0.05, 0) is 51.9 Å². The molecule has 1 fully saturated rings. The van der Waals surface area contributed by atoms with Crippen LogP contribution in [0.5, 0.6) is 0 Å². The second-order valence-electron chi connectivity index (χ2n) is 4.15. The van der Waals surface area contributed by atoms with Crippen LogP contribution in [0, 0.1) is 5.92 Å². The molecule has 0 aliphatic carbocycles. The third-order valence-electron chi connectivity index (χ3n) is 2.85. The SMILES string of the molecule is Nc1cccc(C(=O)NCC2CCSC2)c1Br. The van der Waals surface area contributed by atoms with E-state index in [-0.39, 0.29) is 5.91 Å². The maximum absolute atomic E-state index is 12.0. The minimum absolute atomic E-state index is 0.0546.